The predicted molar refractivity (Wildman–Crippen MR) is 131 cm³/mol. The second-order valence-corrected chi connectivity index (χ2v) is 7.54. The number of amides is 1. The minimum Gasteiger partial charge on any atom is -0.494 e. The van der Waals surface area contributed by atoms with E-state index >= 15 is 0 Å². The van der Waals surface area contributed by atoms with E-state index in [9.17, 15) is 4.79 Å². The van der Waals surface area contributed by atoms with Crippen molar-refractivity contribution in [3.05, 3.63) is 102 Å². The van der Waals surface area contributed by atoms with Crippen LogP contribution in [0.25, 0.3) is 16.9 Å². The monoisotopic (exact) mass is 438 g/mol. The molecule has 0 radical (unpaired) electrons. The van der Waals surface area contributed by atoms with Crippen LogP contribution in [0.1, 0.15) is 24.5 Å². The highest BCUT2D eigenvalue weighted by Gasteiger charge is 2.12. The molecule has 3 aromatic carbocycles. The molecule has 1 N–H and O–H groups in total. The van der Waals surface area contributed by atoms with Gasteiger partial charge in [-0.1, -0.05) is 55.5 Å². The van der Waals surface area contributed by atoms with Gasteiger partial charge in [-0.05, 0) is 48.4 Å². The first kappa shape index (κ1) is 22.0. The molecular formula is C27H26N4O2. The molecule has 0 saturated heterocycles. The summed E-state index contributed by atoms with van der Waals surface area (Å²) in [7, 11) is 0. The van der Waals surface area contributed by atoms with E-state index in [-0.39, 0.29) is 12.3 Å². The van der Waals surface area contributed by atoms with E-state index in [0.29, 0.717) is 6.61 Å². The SMILES string of the molecule is CCCOc1ccc(-c2nn(-c3ccccc3)cc2/C=N/NC(=O)Cc2ccccc2)cc1. The fraction of sp³-hybridized carbons (Fsp3) is 0.148. The zero-order valence-corrected chi connectivity index (χ0v) is 18.5. The molecule has 166 valence electrons. The number of ether oxygens (including phenoxy) is 1. The highest BCUT2D eigenvalue weighted by atomic mass is 16.5. The van der Waals surface area contributed by atoms with Crippen molar-refractivity contribution in [1.82, 2.24) is 15.2 Å². The zero-order valence-electron chi connectivity index (χ0n) is 18.5. The van der Waals surface area contributed by atoms with Crippen LogP contribution in [0.3, 0.4) is 0 Å². The Kier molecular flexibility index (Phi) is 7.28. The molecule has 0 spiro atoms. The van der Waals surface area contributed by atoms with Crippen LogP contribution >= 0.6 is 0 Å². The molecule has 0 saturated carbocycles. The van der Waals surface area contributed by atoms with Gasteiger partial charge in [0.15, 0.2) is 0 Å². The van der Waals surface area contributed by atoms with Crippen molar-refractivity contribution in [3.63, 3.8) is 0 Å². The largest absolute Gasteiger partial charge is 0.494 e. The number of nitrogens with zero attached hydrogens (tertiary/aromatic N) is 3. The summed E-state index contributed by atoms with van der Waals surface area (Å²) in [5.74, 6) is 0.651. The average Bonchev–Trinajstić information content (AvgIpc) is 3.28. The van der Waals surface area contributed by atoms with Gasteiger partial charge in [-0.2, -0.15) is 10.2 Å². The molecule has 0 unspecified atom stereocenters. The van der Waals surface area contributed by atoms with Crippen LogP contribution in [0.15, 0.2) is 96.2 Å². The maximum absolute atomic E-state index is 12.2. The molecule has 0 atom stereocenters. The highest BCUT2D eigenvalue weighted by Crippen LogP contribution is 2.25. The van der Waals surface area contributed by atoms with Crippen molar-refractivity contribution in [2.75, 3.05) is 6.61 Å². The smallest absolute Gasteiger partial charge is 0.244 e. The summed E-state index contributed by atoms with van der Waals surface area (Å²) in [6.07, 6.45) is 4.76. The molecule has 0 bridgehead atoms. The zero-order chi connectivity index (χ0) is 22.9. The fourth-order valence-electron chi connectivity index (χ4n) is 3.34. The van der Waals surface area contributed by atoms with E-state index in [1.807, 2.05) is 95.8 Å². The van der Waals surface area contributed by atoms with E-state index < -0.39 is 0 Å². The van der Waals surface area contributed by atoms with Gasteiger partial charge in [-0.25, -0.2) is 10.1 Å². The van der Waals surface area contributed by atoms with Crippen LogP contribution in [0.5, 0.6) is 5.75 Å². The van der Waals surface area contributed by atoms with Gasteiger partial charge in [-0.3, -0.25) is 4.79 Å². The number of para-hydroxylation sites is 1. The maximum atomic E-state index is 12.2. The lowest BCUT2D eigenvalue weighted by Gasteiger charge is -2.05. The van der Waals surface area contributed by atoms with Crippen molar-refractivity contribution in [2.24, 2.45) is 5.10 Å². The van der Waals surface area contributed by atoms with E-state index in [0.717, 1.165) is 40.2 Å². The Morgan fingerprint density at radius 1 is 1.00 bits per heavy atom. The van der Waals surface area contributed by atoms with Gasteiger partial charge in [0.05, 0.1) is 24.9 Å². The van der Waals surface area contributed by atoms with E-state index in [1.165, 1.54) is 0 Å². The Bertz CT molecular complexity index is 1200. The number of rotatable bonds is 9. The Labute approximate surface area is 193 Å². The Morgan fingerprint density at radius 2 is 1.70 bits per heavy atom. The Balaban J connectivity index is 1.55. The summed E-state index contributed by atoms with van der Waals surface area (Å²) in [6, 6.07) is 27.3. The first-order valence-electron chi connectivity index (χ1n) is 11.0. The van der Waals surface area contributed by atoms with Crippen LogP contribution in [-0.2, 0) is 11.2 Å². The number of hydrogen-bond donors (Lipinski definition) is 1. The lowest BCUT2D eigenvalue weighted by molar-refractivity contribution is -0.120. The third-order valence-corrected chi connectivity index (χ3v) is 4.96. The van der Waals surface area contributed by atoms with Gasteiger partial charge >= 0.3 is 0 Å². The van der Waals surface area contributed by atoms with E-state index in [2.05, 4.69) is 17.5 Å². The van der Waals surface area contributed by atoms with Gasteiger partial charge in [0, 0.05) is 17.3 Å². The Hall–Kier alpha value is -4.19. The van der Waals surface area contributed by atoms with Crippen molar-refractivity contribution in [1.29, 1.82) is 0 Å². The van der Waals surface area contributed by atoms with Crippen LogP contribution in [0, 0.1) is 0 Å². The molecule has 6 nitrogen and oxygen atoms in total. The number of hydrogen-bond acceptors (Lipinski definition) is 4. The number of benzene rings is 3. The van der Waals surface area contributed by atoms with Crippen LogP contribution < -0.4 is 10.2 Å². The van der Waals surface area contributed by atoms with E-state index in [4.69, 9.17) is 9.84 Å². The third-order valence-electron chi connectivity index (χ3n) is 4.96. The minimum atomic E-state index is -0.174. The molecule has 1 heterocycles. The van der Waals surface area contributed by atoms with Gasteiger partial charge < -0.3 is 4.74 Å². The molecule has 1 aromatic heterocycles. The summed E-state index contributed by atoms with van der Waals surface area (Å²) in [6.45, 7) is 2.76. The summed E-state index contributed by atoms with van der Waals surface area (Å²) in [5.41, 5.74) is 6.98. The lowest BCUT2D eigenvalue weighted by Crippen LogP contribution is -2.19. The van der Waals surface area contributed by atoms with Gasteiger partial charge in [-0.15, -0.1) is 0 Å². The number of aromatic nitrogens is 2. The number of hydrazone groups is 1. The minimum absolute atomic E-state index is 0.174. The normalized spacial score (nSPS) is 10.9. The summed E-state index contributed by atoms with van der Waals surface area (Å²) >= 11 is 0. The standard InChI is InChI=1S/C27H26N4O2/c1-2-17-33-25-15-13-22(14-16-25)27-23(20-31(30-27)24-11-7-4-8-12-24)19-28-29-26(32)18-21-9-5-3-6-10-21/h3-16,19-20H,2,17-18H2,1H3,(H,29,32)/b28-19+. The maximum Gasteiger partial charge on any atom is 0.244 e. The Morgan fingerprint density at radius 3 is 2.39 bits per heavy atom. The van der Waals surface area contributed by atoms with Crippen LogP contribution in [0.2, 0.25) is 0 Å². The summed E-state index contributed by atoms with van der Waals surface area (Å²) in [5, 5.41) is 8.97. The van der Waals surface area contributed by atoms with Crippen molar-refractivity contribution in [3.8, 4) is 22.7 Å². The van der Waals surface area contributed by atoms with Crippen molar-refractivity contribution in [2.45, 2.75) is 19.8 Å². The number of carbonyl (C=O) groups excluding carboxylic acids is 1. The summed E-state index contributed by atoms with van der Waals surface area (Å²) < 4.78 is 7.50. The molecular weight excluding hydrogens is 412 g/mol. The molecule has 33 heavy (non-hydrogen) atoms. The molecule has 4 rings (SSSR count). The van der Waals surface area contributed by atoms with Crippen LogP contribution in [0.4, 0.5) is 0 Å². The fourth-order valence-corrected chi connectivity index (χ4v) is 3.34. The van der Waals surface area contributed by atoms with E-state index in [1.54, 1.807) is 6.21 Å². The molecule has 1 amide bonds. The average molecular weight is 439 g/mol. The topological polar surface area (TPSA) is 68.5 Å². The highest BCUT2D eigenvalue weighted by molar-refractivity contribution is 5.90. The molecule has 0 fully saturated rings. The second-order valence-electron chi connectivity index (χ2n) is 7.54. The summed E-state index contributed by atoms with van der Waals surface area (Å²) in [4.78, 5) is 12.2. The molecule has 4 aromatic rings. The molecule has 0 aliphatic carbocycles. The van der Waals surface area contributed by atoms with Crippen molar-refractivity contribution < 1.29 is 9.53 Å². The van der Waals surface area contributed by atoms with Crippen LogP contribution in [-0.4, -0.2) is 28.5 Å². The molecule has 0 aliphatic rings. The van der Waals surface area contributed by atoms with Gasteiger partial charge in [0.1, 0.15) is 11.4 Å². The quantitative estimate of drug-likeness (QED) is 0.295. The molecule has 0 aliphatic heterocycles. The van der Waals surface area contributed by atoms with Gasteiger partial charge in [0.2, 0.25) is 5.91 Å². The number of carbonyl (C=O) groups is 1. The second kappa shape index (κ2) is 10.9. The first-order chi connectivity index (χ1) is 16.2. The first-order valence-corrected chi connectivity index (χ1v) is 11.0. The number of nitrogens with one attached hydrogen (secondary N) is 1. The van der Waals surface area contributed by atoms with Crippen molar-refractivity contribution >= 4 is 12.1 Å². The predicted octanol–water partition coefficient (Wildman–Crippen LogP) is 5.02. The van der Waals surface area contributed by atoms with Gasteiger partial charge in [0.25, 0.3) is 0 Å². The lowest BCUT2D eigenvalue weighted by atomic mass is 10.1. The molecule has 6 heteroatoms. The third kappa shape index (κ3) is 5.95.